The molecule has 0 amide bonds. The van der Waals surface area contributed by atoms with Crippen molar-refractivity contribution in [2.45, 2.75) is 26.8 Å². The molecule has 1 rings (SSSR count). The van der Waals surface area contributed by atoms with Crippen LogP contribution in [0.4, 0.5) is 0 Å². The van der Waals surface area contributed by atoms with Gasteiger partial charge in [-0.3, -0.25) is 4.79 Å². The molecule has 1 aromatic carbocycles. The number of benzene rings is 1. The van der Waals surface area contributed by atoms with Gasteiger partial charge in [0.1, 0.15) is 0 Å². The summed E-state index contributed by atoms with van der Waals surface area (Å²) in [4.78, 5) is 11.1. The molecule has 1 aromatic rings. The number of carbonyl (C=O) groups is 1. The lowest BCUT2D eigenvalue weighted by molar-refractivity contribution is -0.142. The molecule has 0 spiro atoms. The third kappa shape index (κ3) is 5.09. The van der Waals surface area contributed by atoms with Crippen LogP contribution in [0.2, 0.25) is 0 Å². The maximum Gasteiger partial charge on any atom is 0.307 e. The van der Waals surface area contributed by atoms with E-state index < -0.39 is 5.97 Å². The molecule has 0 aromatic heterocycles. The average molecular weight is 281 g/mol. The molecule has 1 atom stereocenters. The summed E-state index contributed by atoms with van der Waals surface area (Å²) in [5, 5.41) is 21.9. The first kappa shape index (κ1) is 16.3. The summed E-state index contributed by atoms with van der Waals surface area (Å²) >= 11 is 0. The van der Waals surface area contributed by atoms with E-state index in [9.17, 15) is 9.90 Å². The molecule has 0 aliphatic carbocycles. The van der Waals surface area contributed by atoms with Gasteiger partial charge in [-0.2, -0.15) is 0 Å². The first-order valence-electron chi connectivity index (χ1n) is 6.73. The topological polar surface area (TPSA) is 78.8 Å². The number of aliphatic carboxylic acids is 1. The molecule has 0 fully saturated rings. The van der Waals surface area contributed by atoms with Crippen molar-refractivity contribution in [3.05, 3.63) is 23.8 Å². The Labute approximate surface area is 119 Å². The van der Waals surface area contributed by atoms with Gasteiger partial charge >= 0.3 is 5.97 Å². The number of carboxylic acid groups (broad SMARTS) is 1. The largest absolute Gasteiger partial charge is 0.504 e. The van der Waals surface area contributed by atoms with Gasteiger partial charge in [-0.15, -0.1) is 0 Å². The van der Waals surface area contributed by atoms with Crippen molar-refractivity contribution in [2.24, 2.45) is 11.8 Å². The smallest absolute Gasteiger partial charge is 0.307 e. The Bertz CT molecular complexity index is 445. The first-order chi connectivity index (χ1) is 9.43. The summed E-state index contributed by atoms with van der Waals surface area (Å²) in [5.74, 6) is -0.297. The summed E-state index contributed by atoms with van der Waals surface area (Å²) < 4.78 is 4.97. The average Bonchev–Trinajstić information content (AvgIpc) is 2.37. The number of nitrogens with one attached hydrogen (secondary N) is 1. The van der Waals surface area contributed by atoms with Crippen molar-refractivity contribution in [3.8, 4) is 11.5 Å². The molecule has 20 heavy (non-hydrogen) atoms. The van der Waals surface area contributed by atoms with Crippen LogP contribution >= 0.6 is 0 Å². The number of aromatic hydroxyl groups is 1. The summed E-state index contributed by atoms with van der Waals surface area (Å²) in [5.41, 5.74) is 0.886. The van der Waals surface area contributed by atoms with E-state index in [4.69, 9.17) is 9.84 Å². The standard InChI is InChI=1S/C15H23NO4/c1-10(2)6-12(15(18)19)9-16-8-11-4-5-14(20-3)13(17)7-11/h4-5,7,10,12,16-17H,6,8-9H2,1-3H3,(H,18,19). The summed E-state index contributed by atoms with van der Waals surface area (Å²) in [7, 11) is 1.50. The Hall–Kier alpha value is -1.75. The van der Waals surface area contributed by atoms with Gasteiger partial charge in [0.15, 0.2) is 11.5 Å². The quantitative estimate of drug-likeness (QED) is 0.681. The Balaban J connectivity index is 2.50. The highest BCUT2D eigenvalue weighted by Crippen LogP contribution is 2.26. The lowest BCUT2D eigenvalue weighted by atomic mass is 9.97. The first-order valence-corrected chi connectivity index (χ1v) is 6.73. The highest BCUT2D eigenvalue weighted by atomic mass is 16.5. The third-order valence-electron chi connectivity index (χ3n) is 3.07. The van der Waals surface area contributed by atoms with Gasteiger partial charge in [-0.25, -0.2) is 0 Å². The lowest BCUT2D eigenvalue weighted by Crippen LogP contribution is -2.29. The van der Waals surface area contributed by atoms with Gasteiger partial charge in [0, 0.05) is 13.1 Å². The van der Waals surface area contributed by atoms with E-state index >= 15 is 0 Å². The van der Waals surface area contributed by atoms with Crippen LogP contribution in [0.25, 0.3) is 0 Å². The highest BCUT2D eigenvalue weighted by Gasteiger charge is 2.18. The SMILES string of the molecule is COc1ccc(CNCC(CC(C)C)C(=O)O)cc1O. The number of methoxy groups -OCH3 is 1. The molecule has 1 unspecified atom stereocenters. The maximum absolute atomic E-state index is 11.1. The molecule has 0 saturated heterocycles. The Morgan fingerprint density at radius 2 is 2.10 bits per heavy atom. The normalized spacial score (nSPS) is 12.4. The second-order valence-corrected chi connectivity index (χ2v) is 5.30. The van der Waals surface area contributed by atoms with Crippen LogP contribution in [-0.4, -0.2) is 29.8 Å². The molecule has 5 nitrogen and oxygen atoms in total. The fourth-order valence-corrected chi connectivity index (χ4v) is 2.08. The molecular formula is C15H23NO4. The monoisotopic (exact) mass is 281 g/mol. The van der Waals surface area contributed by atoms with Crippen molar-refractivity contribution >= 4 is 5.97 Å². The van der Waals surface area contributed by atoms with Crippen molar-refractivity contribution in [1.82, 2.24) is 5.32 Å². The Morgan fingerprint density at radius 1 is 1.40 bits per heavy atom. The molecule has 0 heterocycles. The molecule has 5 heteroatoms. The number of phenolic OH excluding ortho intramolecular Hbond substituents is 1. The predicted octanol–water partition coefficient (Wildman–Crippen LogP) is 2.24. The van der Waals surface area contributed by atoms with E-state index in [2.05, 4.69) is 5.32 Å². The van der Waals surface area contributed by atoms with E-state index in [1.807, 2.05) is 19.9 Å². The molecule has 112 valence electrons. The number of rotatable bonds is 8. The Kier molecular flexibility index (Phi) is 6.31. The second-order valence-electron chi connectivity index (χ2n) is 5.30. The minimum absolute atomic E-state index is 0.0868. The zero-order valence-corrected chi connectivity index (χ0v) is 12.2. The lowest BCUT2D eigenvalue weighted by Gasteiger charge is -2.15. The number of hydrogen-bond donors (Lipinski definition) is 3. The molecule has 3 N–H and O–H groups in total. The van der Waals surface area contributed by atoms with Gasteiger partial charge in [-0.05, 0) is 30.0 Å². The summed E-state index contributed by atoms with van der Waals surface area (Å²) in [6.07, 6.45) is 0.649. The van der Waals surface area contributed by atoms with Gasteiger partial charge in [0.05, 0.1) is 13.0 Å². The predicted molar refractivity (Wildman–Crippen MR) is 76.9 cm³/mol. The summed E-state index contributed by atoms with van der Waals surface area (Å²) in [6.45, 7) is 4.95. The Morgan fingerprint density at radius 3 is 2.60 bits per heavy atom. The molecular weight excluding hydrogens is 258 g/mol. The van der Waals surface area contributed by atoms with Gasteiger partial charge in [0.2, 0.25) is 0 Å². The molecule has 0 aliphatic heterocycles. The number of phenols is 1. The molecule has 0 radical (unpaired) electrons. The van der Waals surface area contributed by atoms with Crippen LogP contribution in [-0.2, 0) is 11.3 Å². The summed E-state index contributed by atoms with van der Waals surface area (Å²) in [6, 6.07) is 5.14. The van der Waals surface area contributed by atoms with Crippen LogP contribution in [0.15, 0.2) is 18.2 Å². The van der Waals surface area contributed by atoms with Crippen molar-refractivity contribution in [3.63, 3.8) is 0 Å². The zero-order valence-electron chi connectivity index (χ0n) is 12.2. The van der Waals surface area contributed by atoms with Crippen molar-refractivity contribution < 1.29 is 19.7 Å². The van der Waals surface area contributed by atoms with Gasteiger partial charge in [-0.1, -0.05) is 19.9 Å². The number of carboxylic acids is 1. The van der Waals surface area contributed by atoms with E-state index in [-0.39, 0.29) is 11.7 Å². The fraction of sp³-hybridized carbons (Fsp3) is 0.533. The second kappa shape index (κ2) is 7.75. The van der Waals surface area contributed by atoms with Crippen LogP contribution in [0.5, 0.6) is 11.5 Å². The molecule has 0 saturated carbocycles. The van der Waals surface area contributed by atoms with Crippen LogP contribution in [0.3, 0.4) is 0 Å². The van der Waals surface area contributed by atoms with E-state index in [0.717, 1.165) is 5.56 Å². The van der Waals surface area contributed by atoms with Gasteiger partial charge < -0.3 is 20.3 Å². The maximum atomic E-state index is 11.1. The van der Waals surface area contributed by atoms with Gasteiger partial charge in [0.25, 0.3) is 0 Å². The number of ether oxygens (including phenoxy) is 1. The van der Waals surface area contributed by atoms with E-state index in [1.54, 1.807) is 12.1 Å². The van der Waals surface area contributed by atoms with Crippen LogP contribution in [0.1, 0.15) is 25.8 Å². The molecule has 0 bridgehead atoms. The van der Waals surface area contributed by atoms with E-state index in [1.165, 1.54) is 7.11 Å². The highest BCUT2D eigenvalue weighted by molar-refractivity contribution is 5.70. The minimum atomic E-state index is -0.774. The molecule has 0 aliphatic rings. The van der Waals surface area contributed by atoms with Crippen LogP contribution in [0, 0.1) is 11.8 Å². The van der Waals surface area contributed by atoms with Crippen molar-refractivity contribution in [2.75, 3.05) is 13.7 Å². The third-order valence-corrected chi connectivity index (χ3v) is 3.07. The van der Waals surface area contributed by atoms with Crippen molar-refractivity contribution in [1.29, 1.82) is 0 Å². The number of hydrogen-bond acceptors (Lipinski definition) is 4. The van der Waals surface area contributed by atoms with Crippen LogP contribution < -0.4 is 10.1 Å². The fourth-order valence-electron chi connectivity index (χ4n) is 2.08. The minimum Gasteiger partial charge on any atom is -0.504 e. The zero-order chi connectivity index (χ0) is 15.1. The van der Waals surface area contributed by atoms with E-state index in [0.29, 0.717) is 31.2 Å².